The molecular formula is C21H39N5O14. The Balaban J connectivity index is 1.94. The summed E-state index contributed by atoms with van der Waals surface area (Å²) in [5.74, 6) is -0.554. The van der Waals surface area contributed by atoms with E-state index in [2.05, 4.69) is 10.3 Å². The van der Waals surface area contributed by atoms with Crippen LogP contribution >= 0.6 is 0 Å². The number of hydrogen-bond donors (Lipinski definition) is 12. The van der Waals surface area contributed by atoms with Crippen LogP contribution < -0.4 is 22.5 Å². The number of primary amides is 1. The van der Waals surface area contributed by atoms with E-state index in [9.17, 15) is 45.6 Å². The second-order valence-corrected chi connectivity index (χ2v) is 9.89. The summed E-state index contributed by atoms with van der Waals surface area (Å²) >= 11 is 0. The summed E-state index contributed by atoms with van der Waals surface area (Å²) in [6.07, 6.45) is -20.9. The Morgan fingerprint density at radius 3 is 2.10 bits per heavy atom. The lowest BCUT2D eigenvalue weighted by Gasteiger charge is -2.46. The number of rotatable bonds is 9. The van der Waals surface area contributed by atoms with E-state index in [4.69, 9.17) is 40.9 Å². The van der Waals surface area contributed by atoms with Crippen LogP contribution in [0.4, 0.5) is 4.79 Å². The summed E-state index contributed by atoms with van der Waals surface area (Å²) < 4.78 is 27.9. The van der Waals surface area contributed by atoms with Gasteiger partial charge in [0.25, 0.3) is 0 Å². The summed E-state index contributed by atoms with van der Waals surface area (Å²) in [4.78, 5) is 15.3. The summed E-state index contributed by atoms with van der Waals surface area (Å²) in [5, 5.41) is 86.6. The first-order valence-corrected chi connectivity index (χ1v) is 12.4. The molecule has 2 aliphatic heterocycles. The smallest absolute Gasteiger partial charge is 0.404 e. The molecule has 2 heterocycles. The van der Waals surface area contributed by atoms with Gasteiger partial charge >= 0.3 is 6.09 Å². The van der Waals surface area contributed by atoms with Crippen molar-refractivity contribution in [3.8, 4) is 0 Å². The largest absolute Gasteiger partial charge is 0.441 e. The summed E-state index contributed by atoms with van der Waals surface area (Å²) in [7, 11) is 1.42. The Morgan fingerprint density at radius 2 is 1.57 bits per heavy atom. The Bertz CT molecular complexity index is 900. The van der Waals surface area contributed by atoms with Crippen LogP contribution in [0.5, 0.6) is 0 Å². The van der Waals surface area contributed by atoms with Gasteiger partial charge in [-0.05, 0) is 14.0 Å². The first-order valence-electron chi connectivity index (χ1n) is 12.4. The molecule has 0 aromatic heterocycles. The summed E-state index contributed by atoms with van der Waals surface area (Å²) in [5.41, 5.74) is 13.6. The quantitative estimate of drug-likeness (QED) is 0.0882. The molecule has 0 aromatic rings. The average Bonchev–Trinajstić information content (AvgIpc) is 3.13. The van der Waals surface area contributed by atoms with Gasteiger partial charge in [0.2, 0.25) is 0 Å². The molecule has 19 nitrogen and oxygen atoms in total. The molecular weight excluding hydrogens is 546 g/mol. The van der Waals surface area contributed by atoms with Crippen LogP contribution in [-0.2, 0) is 23.7 Å². The number of aliphatic hydroxyl groups excluding tert-OH is 7. The molecule has 1 aliphatic carbocycles. The van der Waals surface area contributed by atoms with Crippen molar-refractivity contribution in [1.82, 2.24) is 5.32 Å². The molecule has 40 heavy (non-hydrogen) atoms. The maximum atomic E-state index is 11.6. The molecule has 19 heteroatoms. The molecule has 15 atom stereocenters. The number of aliphatic imine (C=N–C) groups is 1. The number of hydrogen-bond acceptors (Lipinski definition) is 16. The van der Waals surface area contributed by atoms with Crippen LogP contribution in [0.3, 0.4) is 0 Å². The Kier molecular flexibility index (Phi) is 10.5. The first-order chi connectivity index (χ1) is 18.7. The molecule has 3 fully saturated rings. The fourth-order valence-corrected chi connectivity index (χ4v) is 5.10. The highest BCUT2D eigenvalue weighted by atomic mass is 16.8. The normalized spacial score (nSPS) is 47.5. The predicted molar refractivity (Wildman–Crippen MR) is 129 cm³/mol. The third-order valence-electron chi connectivity index (χ3n) is 7.42. The van der Waals surface area contributed by atoms with Gasteiger partial charge in [0.05, 0.1) is 25.4 Å². The number of guanidine groups is 1. The van der Waals surface area contributed by atoms with Gasteiger partial charge in [0, 0.05) is 0 Å². The fraction of sp³-hybridized carbons (Fsp3) is 0.905. The molecule has 0 radical (unpaired) electrons. The number of amides is 1. The zero-order valence-corrected chi connectivity index (χ0v) is 21.7. The number of carbonyl (C=O) groups excluding carboxylic acids is 1. The van der Waals surface area contributed by atoms with Gasteiger partial charge in [-0.15, -0.1) is 0 Å². The summed E-state index contributed by atoms with van der Waals surface area (Å²) in [6, 6.07) is -2.68. The maximum absolute atomic E-state index is 11.6. The van der Waals surface area contributed by atoms with E-state index in [-0.39, 0.29) is 0 Å². The van der Waals surface area contributed by atoms with Crippen molar-refractivity contribution < 1.29 is 69.3 Å². The molecule has 1 saturated carbocycles. The number of carbonyl (C=O) groups is 1. The Morgan fingerprint density at radius 1 is 0.925 bits per heavy atom. The minimum Gasteiger partial charge on any atom is -0.441 e. The van der Waals surface area contributed by atoms with E-state index in [0.717, 1.165) is 0 Å². The van der Waals surface area contributed by atoms with E-state index >= 15 is 0 Å². The fourth-order valence-electron chi connectivity index (χ4n) is 5.10. The molecule has 15 N–H and O–H groups in total. The van der Waals surface area contributed by atoms with Gasteiger partial charge < -0.3 is 87.1 Å². The van der Waals surface area contributed by atoms with Gasteiger partial charge in [0.15, 0.2) is 24.6 Å². The van der Waals surface area contributed by atoms with Crippen molar-refractivity contribution in [2.75, 3.05) is 20.3 Å². The number of nitrogens with two attached hydrogens (primary N) is 3. The second-order valence-electron chi connectivity index (χ2n) is 9.89. The second kappa shape index (κ2) is 12.9. The number of aliphatic hydroxyl groups is 8. The minimum absolute atomic E-state index is 0.554. The topological polar surface area (TPSA) is 328 Å². The average molecular weight is 586 g/mol. The predicted octanol–water partition coefficient (Wildman–Crippen LogP) is -7.55. The van der Waals surface area contributed by atoms with Crippen LogP contribution in [0.25, 0.3) is 0 Å². The van der Waals surface area contributed by atoms with Crippen LogP contribution in [-0.4, -0.2) is 164 Å². The van der Waals surface area contributed by atoms with Gasteiger partial charge in [-0.2, -0.15) is 0 Å². The molecule has 0 bridgehead atoms. The van der Waals surface area contributed by atoms with Gasteiger partial charge in [-0.25, -0.2) is 9.79 Å². The Labute approximate surface area is 228 Å². The highest BCUT2D eigenvalue weighted by Gasteiger charge is 2.61. The Hall–Kier alpha value is -1.98. The highest BCUT2D eigenvalue weighted by molar-refractivity contribution is 5.76. The van der Waals surface area contributed by atoms with Crippen molar-refractivity contribution >= 4 is 12.1 Å². The lowest BCUT2D eigenvalue weighted by Crippen LogP contribution is -2.67. The third-order valence-corrected chi connectivity index (χ3v) is 7.42. The molecule has 3 aliphatic rings. The lowest BCUT2D eigenvalue weighted by atomic mass is 9.83. The van der Waals surface area contributed by atoms with E-state index < -0.39 is 117 Å². The van der Waals surface area contributed by atoms with Crippen LogP contribution in [0.1, 0.15) is 6.92 Å². The molecule has 15 unspecified atom stereocenters. The van der Waals surface area contributed by atoms with Crippen molar-refractivity contribution in [3.05, 3.63) is 0 Å². The number of likely N-dealkylation sites (N-methyl/N-ethyl adjacent to an activating group) is 1. The van der Waals surface area contributed by atoms with E-state index in [0.29, 0.717) is 0 Å². The number of ether oxygens (including phenoxy) is 5. The standard InChI is InChI=1S/C21H39N5O14/c1-5-21(35,4-28)16(40-17-8(25-2)11(31)9(29)6(3-27)37-17)18(36-5)38-15-13(33)10(30)7(26-19(22)23)12(32)14(15)39-20(24)34/h5-18,25,27-33,35H,3-4H2,1-2H3,(H2,24,34)(H4,22,23,26). The number of nitrogens with zero attached hydrogens (tertiary/aromatic N) is 1. The van der Waals surface area contributed by atoms with Gasteiger partial charge in [0.1, 0.15) is 60.5 Å². The van der Waals surface area contributed by atoms with E-state index in [1.54, 1.807) is 0 Å². The number of nitrogens with one attached hydrogen (secondary N) is 1. The maximum Gasteiger partial charge on any atom is 0.404 e. The van der Waals surface area contributed by atoms with Crippen LogP contribution in [0.15, 0.2) is 4.99 Å². The van der Waals surface area contributed by atoms with Crippen molar-refractivity contribution in [2.45, 2.75) is 98.2 Å². The third kappa shape index (κ3) is 6.11. The monoisotopic (exact) mass is 585 g/mol. The van der Waals surface area contributed by atoms with Crippen molar-refractivity contribution in [2.24, 2.45) is 22.2 Å². The van der Waals surface area contributed by atoms with Gasteiger partial charge in [-0.3, -0.25) is 0 Å². The first kappa shape index (κ1) is 32.5. The van der Waals surface area contributed by atoms with Crippen LogP contribution in [0.2, 0.25) is 0 Å². The molecule has 2 saturated heterocycles. The van der Waals surface area contributed by atoms with Crippen molar-refractivity contribution in [3.63, 3.8) is 0 Å². The molecule has 3 rings (SSSR count). The minimum atomic E-state index is -2.19. The van der Waals surface area contributed by atoms with Crippen LogP contribution in [0, 0.1) is 0 Å². The molecule has 0 spiro atoms. The molecule has 1 amide bonds. The summed E-state index contributed by atoms with van der Waals surface area (Å²) in [6.45, 7) is -0.296. The highest BCUT2D eigenvalue weighted by Crippen LogP contribution is 2.39. The van der Waals surface area contributed by atoms with E-state index in [1.807, 2.05) is 0 Å². The molecule has 232 valence electrons. The lowest BCUT2D eigenvalue weighted by molar-refractivity contribution is -0.321. The van der Waals surface area contributed by atoms with E-state index in [1.165, 1.54) is 14.0 Å². The SMILES string of the molecule is CNC1C(OC2C(OC3C(O)C(O)C(N=C(N)N)C(O)C3OC(N)=O)OC(C)C2(O)CO)OC(CO)C(O)C1O. The zero-order chi connectivity index (χ0) is 30.1. The van der Waals surface area contributed by atoms with Crippen molar-refractivity contribution in [1.29, 1.82) is 0 Å². The van der Waals surface area contributed by atoms with Gasteiger partial charge in [-0.1, -0.05) is 0 Å². The zero-order valence-electron chi connectivity index (χ0n) is 21.7. The molecule has 0 aromatic carbocycles.